The summed E-state index contributed by atoms with van der Waals surface area (Å²) in [6.07, 6.45) is 3.30. The number of rotatable bonds is 11. The summed E-state index contributed by atoms with van der Waals surface area (Å²) in [5.41, 5.74) is -0.835. The van der Waals surface area contributed by atoms with Gasteiger partial charge in [-0.3, -0.25) is 9.89 Å². The van der Waals surface area contributed by atoms with Gasteiger partial charge in [0.2, 0.25) is 0 Å². The van der Waals surface area contributed by atoms with Gasteiger partial charge >= 0.3 is 0 Å². The summed E-state index contributed by atoms with van der Waals surface area (Å²) in [5, 5.41) is 17.2. The highest BCUT2D eigenvalue weighted by Crippen LogP contribution is 2.09. The molecule has 3 N–H and O–H groups in total. The number of ether oxygens (including phenoxy) is 2. The van der Waals surface area contributed by atoms with E-state index >= 15 is 0 Å². The molecule has 0 aromatic rings. The minimum atomic E-state index is -0.835. The van der Waals surface area contributed by atoms with Gasteiger partial charge in [-0.25, -0.2) is 0 Å². The molecule has 7 nitrogen and oxygen atoms in total. The molecule has 0 spiro atoms. The van der Waals surface area contributed by atoms with Gasteiger partial charge in [0.15, 0.2) is 5.96 Å². The van der Waals surface area contributed by atoms with Gasteiger partial charge in [0.1, 0.15) is 0 Å². The summed E-state index contributed by atoms with van der Waals surface area (Å²) in [5.74, 6) is 0.770. The van der Waals surface area contributed by atoms with E-state index in [4.69, 9.17) is 9.47 Å². The third-order valence-corrected chi connectivity index (χ3v) is 3.91. The number of aliphatic hydroxyl groups is 1. The van der Waals surface area contributed by atoms with Crippen LogP contribution >= 0.6 is 24.0 Å². The zero-order valence-corrected chi connectivity index (χ0v) is 18.4. The van der Waals surface area contributed by atoms with Crippen LogP contribution in [0, 0.1) is 0 Å². The first-order valence-electron chi connectivity index (χ1n) is 9.11. The molecule has 1 rings (SSSR count). The minimum Gasteiger partial charge on any atom is -0.387 e. The third kappa shape index (κ3) is 12.8. The van der Waals surface area contributed by atoms with Gasteiger partial charge in [0.05, 0.1) is 25.4 Å². The normalized spacial score (nSPS) is 18.3. The summed E-state index contributed by atoms with van der Waals surface area (Å²) in [6, 6.07) is 0. The Hall–Kier alpha value is -0.160. The van der Waals surface area contributed by atoms with Gasteiger partial charge in [-0.15, -0.1) is 24.0 Å². The second-order valence-electron chi connectivity index (χ2n) is 6.56. The Bertz CT molecular complexity index is 351. The van der Waals surface area contributed by atoms with Crippen LogP contribution in [-0.4, -0.2) is 87.8 Å². The minimum absolute atomic E-state index is 0. The lowest BCUT2D eigenvalue weighted by atomic mass is 10.1. The van der Waals surface area contributed by atoms with Crippen LogP contribution in [0.15, 0.2) is 4.99 Å². The SMILES string of the molecule is CCNC(=NCC(C)(O)CN1CCOCC1)NCCCCCOC.I. The van der Waals surface area contributed by atoms with Crippen LogP contribution in [0.2, 0.25) is 0 Å². The number of hydrogen-bond donors (Lipinski definition) is 3. The second-order valence-corrected chi connectivity index (χ2v) is 6.56. The molecule has 1 aliphatic heterocycles. The maximum Gasteiger partial charge on any atom is 0.191 e. The van der Waals surface area contributed by atoms with E-state index in [0.29, 0.717) is 13.1 Å². The molecule has 0 radical (unpaired) electrons. The Balaban J connectivity index is 0.00000576. The number of halogens is 1. The van der Waals surface area contributed by atoms with E-state index in [1.165, 1.54) is 0 Å². The smallest absolute Gasteiger partial charge is 0.191 e. The summed E-state index contributed by atoms with van der Waals surface area (Å²) in [6.45, 7) is 10.6. The topological polar surface area (TPSA) is 78.4 Å². The number of methoxy groups -OCH3 is 1. The molecule has 0 aromatic carbocycles. The van der Waals surface area contributed by atoms with Gasteiger partial charge < -0.3 is 25.2 Å². The molecule has 0 aliphatic carbocycles. The summed E-state index contributed by atoms with van der Waals surface area (Å²) >= 11 is 0. The van der Waals surface area contributed by atoms with Crippen LogP contribution in [0.5, 0.6) is 0 Å². The van der Waals surface area contributed by atoms with Crippen molar-refractivity contribution in [2.75, 3.05) is 66.2 Å². The molecule has 1 atom stereocenters. The van der Waals surface area contributed by atoms with E-state index in [-0.39, 0.29) is 24.0 Å². The Morgan fingerprint density at radius 1 is 1.24 bits per heavy atom. The number of aliphatic imine (C=N–C) groups is 1. The van der Waals surface area contributed by atoms with E-state index in [0.717, 1.165) is 71.2 Å². The molecule has 8 heteroatoms. The molecule has 150 valence electrons. The van der Waals surface area contributed by atoms with Crippen molar-refractivity contribution >= 4 is 29.9 Å². The lowest BCUT2D eigenvalue weighted by Gasteiger charge is -2.33. The molecule has 1 unspecified atom stereocenters. The van der Waals surface area contributed by atoms with E-state index < -0.39 is 5.60 Å². The molecule has 0 aromatic heterocycles. The maximum absolute atomic E-state index is 10.6. The van der Waals surface area contributed by atoms with Crippen LogP contribution in [0.3, 0.4) is 0 Å². The van der Waals surface area contributed by atoms with Gasteiger partial charge in [-0.1, -0.05) is 0 Å². The first kappa shape index (κ1) is 24.8. The fourth-order valence-electron chi connectivity index (χ4n) is 2.64. The van der Waals surface area contributed by atoms with Crippen molar-refractivity contribution in [3.63, 3.8) is 0 Å². The molecule has 1 fully saturated rings. The lowest BCUT2D eigenvalue weighted by Crippen LogP contribution is -2.48. The van der Waals surface area contributed by atoms with Crippen LogP contribution in [0.25, 0.3) is 0 Å². The number of morpholine rings is 1. The fraction of sp³-hybridized carbons (Fsp3) is 0.941. The number of nitrogens with zero attached hydrogens (tertiary/aromatic N) is 2. The van der Waals surface area contributed by atoms with Crippen molar-refractivity contribution in [2.45, 2.75) is 38.7 Å². The largest absolute Gasteiger partial charge is 0.387 e. The average Bonchev–Trinajstić information content (AvgIpc) is 2.56. The van der Waals surface area contributed by atoms with Crippen molar-refractivity contribution < 1.29 is 14.6 Å². The van der Waals surface area contributed by atoms with Crippen LogP contribution < -0.4 is 10.6 Å². The van der Waals surface area contributed by atoms with E-state index in [2.05, 4.69) is 20.5 Å². The summed E-state index contributed by atoms with van der Waals surface area (Å²) < 4.78 is 10.4. The van der Waals surface area contributed by atoms with E-state index in [1.54, 1.807) is 7.11 Å². The predicted octanol–water partition coefficient (Wildman–Crippen LogP) is 1.06. The second kappa shape index (κ2) is 15.0. The van der Waals surface area contributed by atoms with Crippen molar-refractivity contribution in [3.8, 4) is 0 Å². The third-order valence-electron chi connectivity index (χ3n) is 3.91. The van der Waals surface area contributed by atoms with Gasteiger partial charge in [-0.05, 0) is 33.1 Å². The lowest BCUT2D eigenvalue weighted by molar-refractivity contribution is -0.0179. The average molecular weight is 472 g/mol. The maximum atomic E-state index is 10.6. The summed E-state index contributed by atoms with van der Waals surface area (Å²) in [4.78, 5) is 6.78. The molecule has 1 heterocycles. The zero-order chi connectivity index (χ0) is 17.7. The molecule has 1 aliphatic rings. The van der Waals surface area contributed by atoms with E-state index in [9.17, 15) is 5.11 Å². The van der Waals surface area contributed by atoms with Crippen LogP contribution in [0.1, 0.15) is 33.1 Å². The summed E-state index contributed by atoms with van der Waals surface area (Å²) in [7, 11) is 1.73. The highest BCUT2D eigenvalue weighted by molar-refractivity contribution is 14.0. The Kier molecular flexibility index (Phi) is 14.9. The highest BCUT2D eigenvalue weighted by atomic mass is 127. The first-order valence-corrected chi connectivity index (χ1v) is 9.11. The monoisotopic (exact) mass is 472 g/mol. The van der Waals surface area contributed by atoms with Gasteiger partial charge in [0, 0.05) is 46.4 Å². The van der Waals surface area contributed by atoms with Gasteiger partial charge in [0.25, 0.3) is 0 Å². The number of hydrogen-bond acceptors (Lipinski definition) is 5. The van der Waals surface area contributed by atoms with Crippen molar-refractivity contribution in [1.29, 1.82) is 0 Å². The number of β-amino-alcohol motifs (C(OH)–C–C–N with tert-alkyl or cyclic N) is 1. The number of nitrogens with one attached hydrogen (secondary N) is 2. The molecule has 0 amide bonds. The Morgan fingerprint density at radius 3 is 2.60 bits per heavy atom. The molecular formula is C17H37IN4O3. The number of unbranched alkanes of at least 4 members (excludes halogenated alkanes) is 2. The van der Waals surface area contributed by atoms with E-state index in [1.807, 2.05) is 13.8 Å². The number of guanidine groups is 1. The van der Waals surface area contributed by atoms with Crippen LogP contribution in [0.4, 0.5) is 0 Å². The quantitative estimate of drug-likeness (QED) is 0.181. The first-order chi connectivity index (χ1) is 11.6. The Labute approximate surface area is 169 Å². The van der Waals surface area contributed by atoms with Crippen LogP contribution in [-0.2, 0) is 9.47 Å². The Morgan fingerprint density at radius 2 is 1.96 bits per heavy atom. The molecule has 1 saturated heterocycles. The highest BCUT2D eigenvalue weighted by Gasteiger charge is 2.25. The molecule has 25 heavy (non-hydrogen) atoms. The van der Waals surface area contributed by atoms with Crippen molar-refractivity contribution in [3.05, 3.63) is 0 Å². The fourth-order valence-corrected chi connectivity index (χ4v) is 2.64. The molecular weight excluding hydrogens is 435 g/mol. The van der Waals surface area contributed by atoms with Crippen molar-refractivity contribution in [1.82, 2.24) is 15.5 Å². The molecule has 0 saturated carbocycles. The molecule has 0 bridgehead atoms. The standard InChI is InChI=1S/C17H36N4O3.HI/c1-4-18-16(19-8-6-5-7-11-23-3)20-14-17(2,22)15-21-9-12-24-13-10-21;/h22H,4-15H2,1-3H3,(H2,18,19,20);1H. The van der Waals surface area contributed by atoms with Gasteiger partial charge in [-0.2, -0.15) is 0 Å². The van der Waals surface area contributed by atoms with Crippen molar-refractivity contribution in [2.24, 2.45) is 4.99 Å². The zero-order valence-electron chi connectivity index (χ0n) is 16.1. The predicted molar refractivity (Wildman–Crippen MR) is 113 cm³/mol.